The van der Waals surface area contributed by atoms with Gasteiger partial charge >= 0.3 is 17.9 Å². The monoisotopic (exact) mass is 731 g/mol. The molecule has 0 radical (unpaired) electrons. The van der Waals surface area contributed by atoms with Crippen molar-refractivity contribution >= 4 is 29.8 Å². The molecule has 2 bridgehead atoms. The van der Waals surface area contributed by atoms with Crippen molar-refractivity contribution in [2.45, 2.75) is 47.9 Å². The molecule has 7 atom stereocenters. The number of benzene rings is 3. The van der Waals surface area contributed by atoms with Crippen LogP contribution in [-0.4, -0.2) is 102 Å². The number of esters is 2. The van der Waals surface area contributed by atoms with E-state index in [0.29, 0.717) is 5.56 Å². The van der Waals surface area contributed by atoms with Crippen LogP contribution in [0.2, 0.25) is 0 Å². The first-order chi connectivity index (χ1) is 25.1. The Bertz CT molecular complexity index is 2010. The molecule has 15 heteroatoms. The van der Waals surface area contributed by atoms with Gasteiger partial charge in [-0.3, -0.25) is 14.9 Å². The molecule has 3 aromatic rings. The number of aromatic hydroxyl groups is 4. The van der Waals surface area contributed by atoms with Crippen LogP contribution in [0.1, 0.15) is 34.3 Å². The summed E-state index contributed by atoms with van der Waals surface area (Å²) in [5.74, 6) is -9.70. The predicted octanol–water partition coefficient (Wildman–Crippen LogP) is 1.93. The van der Waals surface area contributed by atoms with E-state index >= 15 is 0 Å². The Morgan fingerprint density at radius 2 is 1.60 bits per heavy atom. The summed E-state index contributed by atoms with van der Waals surface area (Å²) in [4.78, 5) is 54.1. The molecular formula is C38H37NO14. The predicted molar refractivity (Wildman–Crippen MR) is 182 cm³/mol. The Balaban J connectivity index is 1.51. The van der Waals surface area contributed by atoms with Crippen LogP contribution in [-0.2, 0) is 35.0 Å². The molecular weight excluding hydrogens is 694 g/mol. The second-order valence-electron chi connectivity index (χ2n) is 13.3. The molecule has 15 nitrogen and oxygen atoms in total. The van der Waals surface area contributed by atoms with E-state index in [1.165, 1.54) is 37.4 Å². The Morgan fingerprint density at radius 3 is 2.21 bits per heavy atom. The summed E-state index contributed by atoms with van der Waals surface area (Å²) in [6, 6.07) is 15.2. The minimum atomic E-state index is -2.76. The van der Waals surface area contributed by atoms with E-state index in [-0.39, 0.29) is 24.2 Å². The van der Waals surface area contributed by atoms with Crippen LogP contribution in [0.5, 0.6) is 23.0 Å². The van der Waals surface area contributed by atoms with Crippen LogP contribution < -0.4 is 5.32 Å². The maximum Gasteiger partial charge on any atom is 0.336 e. The zero-order chi connectivity index (χ0) is 38.3. The molecule has 0 aromatic heterocycles. The number of hydrogen-bond acceptors (Lipinski definition) is 14. The number of carbonyl (C=O) groups excluding carboxylic acids is 3. The van der Waals surface area contributed by atoms with E-state index in [4.69, 9.17) is 14.2 Å². The molecule has 3 aromatic carbocycles. The standard InChI is InChI=1S/C38H37NO14/c1-39-38(50)24-13-14-35(51-19-24)20-36(49,34(47)48)25(15-21-5-3-2-4-6-21)33(52-32(46)18-28(42)23-9-11-27(41)30(44)17-23)37(35,38)53-31(45)12-8-22-7-10-26(40)29(43)16-22/h2-14,16-17,24-25,33,39-41,43-44,49-50H,15,18-20H2,1H3,(H,47,48). The number of aliphatic hydroxyl groups is 2. The Kier molecular flexibility index (Phi) is 9.55. The fourth-order valence-corrected chi connectivity index (χ4v) is 7.72. The number of carboxylic acid groups (broad SMARTS) is 1. The van der Waals surface area contributed by atoms with Crippen molar-refractivity contribution in [3.63, 3.8) is 0 Å². The topological polar surface area (TPSA) is 250 Å². The number of ketones is 1. The number of phenols is 4. The van der Waals surface area contributed by atoms with E-state index < -0.39 is 100.0 Å². The lowest BCUT2D eigenvalue weighted by Crippen LogP contribution is -2.90. The van der Waals surface area contributed by atoms with Crippen molar-refractivity contribution in [3.05, 3.63) is 102 Å². The minimum absolute atomic E-state index is 0.179. The number of nitrogens with one attached hydrogen (secondary N) is 1. The van der Waals surface area contributed by atoms with Crippen molar-refractivity contribution in [1.82, 2.24) is 5.32 Å². The lowest BCUT2D eigenvalue weighted by Gasteiger charge is -2.68. The van der Waals surface area contributed by atoms with Gasteiger partial charge in [0.25, 0.3) is 0 Å². The van der Waals surface area contributed by atoms with E-state index in [1.807, 2.05) is 0 Å². The number of carboxylic acids is 1. The second kappa shape index (κ2) is 13.7. The highest BCUT2D eigenvalue weighted by Gasteiger charge is 2.83. The smallest absolute Gasteiger partial charge is 0.336 e. The molecule has 2 heterocycles. The van der Waals surface area contributed by atoms with Crippen molar-refractivity contribution in [2.24, 2.45) is 11.8 Å². The SMILES string of the molecule is CNC1(O)C2C=CC3(CC(O)(C(=O)O)C(Cc4ccccc4)C(OC(=O)CC(=O)c4ccc(O)c(O)c4)C31OC(=O)C=Cc1ccc(O)c(O)c1)OC2. The number of Topliss-reactive ketones (excluding diaryl/α,β-unsaturated/α-hetero) is 1. The molecule has 4 aliphatic rings. The van der Waals surface area contributed by atoms with Crippen LogP contribution in [0.3, 0.4) is 0 Å². The zero-order valence-electron chi connectivity index (χ0n) is 28.2. The molecule has 2 fully saturated rings. The third-order valence-corrected chi connectivity index (χ3v) is 10.3. The van der Waals surface area contributed by atoms with Crippen LogP contribution in [0, 0.1) is 11.8 Å². The van der Waals surface area contributed by atoms with E-state index in [0.717, 1.165) is 30.3 Å². The molecule has 8 N–H and O–H groups in total. The van der Waals surface area contributed by atoms with Gasteiger partial charge in [0, 0.05) is 29.9 Å². The van der Waals surface area contributed by atoms with Gasteiger partial charge in [0.15, 0.2) is 46.2 Å². The van der Waals surface area contributed by atoms with Gasteiger partial charge in [0.2, 0.25) is 5.60 Å². The van der Waals surface area contributed by atoms with Crippen molar-refractivity contribution in [3.8, 4) is 23.0 Å². The average Bonchev–Trinajstić information content (AvgIpc) is 3.13. The number of phenolic OH excluding ortho intramolecular Hbond substituents is 4. The highest BCUT2D eigenvalue weighted by Crippen LogP contribution is 2.62. The molecule has 2 aliphatic carbocycles. The summed E-state index contributed by atoms with van der Waals surface area (Å²) >= 11 is 0. The zero-order valence-corrected chi connectivity index (χ0v) is 28.2. The number of carbonyl (C=O) groups is 4. The Labute approximate surface area is 302 Å². The van der Waals surface area contributed by atoms with Gasteiger partial charge in [-0.2, -0.15) is 0 Å². The first kappa shape index (κ1) is 37.0. The summed E-state index contributed by atoms with van der Waals surface area (Å²) in [5, 5.41) is 77.5. The third-order valence-electron chi connectivity index (χ3n) is 10.3. The van der Waals surface area contributed by atoms with Crippen molar-refractivity contribution < 1.29 is 69.1 Å². The van der Waals surface area contributed by atoms with Crippen LogP contribution in [0.4, 0.5) is 0 Å². The van der Waals surface area contributed by atoms with Gasteiger partial charge in [-0.25, -0.2) is 9.59 Å². The number of likely N-dealkylation sites (N-methyl/N-ethyl adjacent to an activating group) is 1. The van der Waals surface area contributed by atoms with Gasteiger partial charge in [0.1, 0.15) is 12.0 Å². The molecule has 7 unspecified atom stereocenters. The molecule has 1 spiro atoms. The van der Waals surface area contributed by atoms with Crippen molar-refractivity contribution in [1.29, 1.82) is 0 Å². The highest BCUT2D eigenvalue weighted by atomic mass is 16.6. The van der Waals surface area contributed by atoms with Gasteiger partial charge in [-0.05, 0) is 61.0 Å². The lowest BCUT2D eigenvalue weighted by molar-refractivity contribution is -0.378. The van der Waals surface area contributed by atoms with E-state index in [2.05, 4.69) is 5.32 Å². The number of fused-ring (bicyclic) bond motifs is 1. The molecule has 2 aliphatic heterocycles. The highest BCUT2D eigenvalue weighted by molar-refractivity contribution is 6.06. The maximum atomic E-state index is 13.9. The van der Waals surface area contributed by atoms with Crippen molar-refractivity contribution in [2.75, 3.05) is 13.7 Å². The lowest BCUT2D eigenvalue weighted by atomic mass is 9.49. The molecule has 1 saturated heterocycles. The molecule has 0 amide bonds. The van der Waals surface area contributed by atoms with Crippen LogP contribution in [0.15, 0.2) is 85.0 Å². The summed E-state index contributed by atoms with van der Waals surface area (Å²) in [6.07, 6.45) is 0.915. The van der Waals surface area contributed by atoms with Gasteiger partial charge < -0.3 is 50.0 Å². The first-order valence-corrected chi connectivity index (χ1v) is 16.5. The summed E-state index contributed by atoms with van der Waals surface area (Å²) in [6.45, 7) is -0.238. The summed E-state index contributed by atoms with van der Waals surface area (Å²) in [7, 11) is 1.34. The van der Waals surface area contributed by atoms with E-state index in [1.54, 1.807) is 30.3 Å². The van der Waals surface area contributed by atoms with Crippen LogP contribution in [0.25, 0.3) is 6.08 Å². The molecule has 7 rings (SSSR count). The number of hydrogen-bond donors (Lipinski definition) is 8. The summed E-state index contributed by atoms with van der Waals surface area (Å²) in [5.41, 5.74) is -9.26. The fourth-order valence-electron chi connectivity index (χ4n) is 7.72. The minimum Gasteiger partial charge on any atom is -0.504 e. The Hall–Kier alpha value is -5.74. The van der Waals surface area contributed by atoms with Gasteiger partial charge in [0.05, 0.1) is 6.61 Å². The van der Waals surface area contributed by atoms with E-state index in [9.17, 15) is 54.9 Å². The Morgan fingerprint density at radius 1 is 0.925 bits per heavy atom. The fraction of sp³-hybridized carbons (Fsp3) is 0.316. The molecule has 53 heavy (non-hydrogen) atoms. The average molecular weight is 732 g/mol. The summed E-state index contributed by atoms with van der Waals surface area (Å²) < 4.78 is 18.4. The normalized spacial score (nSPS) is 30.1. The number of aliphatic carboxylic acids is 1. The second-order valence-corrected chi connectivity index (χ2v) is 13.3. The molecule has 278 valence electrons. The number of ether oxygens (including phenoxy) is 3. The molecule has 1 saturated carbocycles. The number of rotatable bonds is 11. The quantitative estimate of drug-likeness (QED) is 0.0267. The largest absolute Gasteiger partial charge is 0.504 e. The van der Waals surface area contributed by atoms with Gasteiger partial charge in [-0.15, -0.1) is 0 Å². The van der Waals surface area contributed by atoms with Crippen LogP contribution >= 0.6 is 0 Å². The van der Waals surface area contributed by atoms with Gasteiger partial charge in [-0.1, -0.05) is 48.6 Å². The third kappa shape index (κ3) is 6.16. The maximum absolute atomic E-state index is 13.9. The first-order valence-electron chi connectivity index (χ1n) is 16.5.